The van der Waals surface area contributed by atoms with E-state index in [2.05, 4.69) is 316 Å². The molecule has 0 amide bonds. The smallest absolute Gasteiger partial charge is 0.252 e. The molecule has 16 rings (SSSR count). The summed E-state index contributed by atoms with van der Waals surface area (Å²) in [7, 11) is 0. The van der Waals surface area contributed by atoms with Crippen LogP contribution in [0.3, 0.4) is 0 Å². The average molecular weight is 1210 g/mol. The molecule has 2 aliphatic rings. The molecular weight excluding hydrogens is 1130 g/mol. The van der Waals surface area contributed by atoms with Crippen LogP contribution in [-0.2, 0) is 21.7 Å². The van der Waals surface area contributed by atoms with Crippen LogP contribution in [-0.4, -0.2) is 11.3 Å². The lowest BCUT2D eigenvalue weighted by atomic mass is 9.33. The molecule has 4 heterocycles. The number of furan rings is 1. The number of anilines is 6. The van der Waals surface area contributed by atoms with Crippen molar-refractivity contribution >= 4 is 101 Å². The lowest BCUT2D eigenvalue weighted by Crippen LogP contribution is -2.61. The largest absolute Gasteiger partial charge is 0.456 e. The van der Waals surface area contributed by atoms with Gasteiger partial charge in [0.25, 0.3) is 6.71 Å². The van der Waals surface area contributed by atoms with Gasteiger partial charge in [-0.15, -0.1) is 0 Å². The summed E-state index contributed by atoms with van der Waals surface area (Å²) in [5, 5.41) is 4.13. The molecular formula is C88H78BN3O. The van der Waals surface area contributed by atoms with Crippen molar-refractivity contribution in [2.24, 2.45) is 0 Å². The molecule has 0 saturated heterocycles. The maximum absolute atomic E-state index is 9.58. The van der Waals surface area contributed by atoms with Crippen LogP contribution < -0.4 is 26.2 Å². The van der Waals surface area contributed by atoms with Gasteiger partial charge >= 0.3 is 0 Å². The molecule has 0 saturated carbocycles. The average Bonchev–Trinajstić information content (AvgIpc) is 0.874. The second-order valence-electron chi connectivity index (χ2n) is 29.8. The van der Waals surface area contributed by atoms with Crippen molar-refractivity contribution in [3.05, 3.63) is 277 Å². The third-order valence-electron chi connectivity index (χ3n) is 19.6. The number of benzene rings is 12. The highest BCUT2D eigenvalue weighted by Gasteiger charge is 2.46. The highest BCUT2D eigenvalue weighted by molar-refractivity contribution is 7.00. The van der Waals surface area contributed by atoms with Crippen LogP contribution in [0.25, 0.3) is 93.9 Å². The fraction of sp³-hybridized carbons (Fsp3) is 0.182. The second-order valence-corrected chi connectivity index (χ2v) is 29.8. The normalized spacial score (nSPS) is 14.1. The van der Waals surface area contributed by atoms with Crippen molar-refractivity contribution in [2.45, 2.75) is 105 Å². The summed E-state index contributed by atoms with van der Waals surface area (Å²) >= 11 is 0. The summed E-state index contributed by atoms with van der Waals surface area (Å²) in [6.45, 7) is 27.1. The summed E-state index contributed by atoms with van der Waals surface area (Å²) in [6, 6.07) is 80.5. The first kappa shape index (κ1) is 52.5. The van der Waals surface area contributed by atoms with Crippen LogP contribution in [0.2, 0.25) is 0 Å². The number of para-hydroxylation sites is 3. The molecule has 454 valence electrons. The van der Waals surface area contributed by atoms with E-state index in [9.17, 15) is 2.74 Å². The van der Waals surface area contributed by atoms with Crippen LogP contribution >= 0.6 is 0 Å². The maximum atomic E-state index is 9.58. The number of aromatic nitrogens is 1. The molecule has 12 aromatic carbocycles. The number of hydrogen-bond donors (Lipinski definition) is 0. The van der Waals surface area contributed by atoms with Gasteiger partial charge in [-0.2, -0.15) is 0 Å². The van der Waals surface area contributed by atoms with Crippen LogP contribution in [0.15, 0.2) is 259 Å². The molecule has 0 spiro atoms. The second kappa shape index (κ2) is 21.2. The first-order chi connectivity index (χ1) is 46.7. The predicted molar refractivity (Wildman–Crippen MR) is 399 cm³/mol. The lowest BCUT2D eigenvalue weighted by molar-refractivity contribution is 0.569. The number of nitrogens with zero attached hydrogens (tertiary/aromatic N) is 3. The maximum Gasteiger partial charge on any atom is 0.252 e. The van der Waals surface area contributed by atoms with Crippen LogP contribution in [0.1, 0.15) is 112 Å². The molecule has 0 aliphatic carbocycles. The summed E-state index contributed by atoms with van der Waals surface area (Å²) in [5.74, 6) is 0. The van der Waals surface area contributed by atoms with Crippen molar-refractivity contribution in [1.82, 2.24) is 4.57 Å². The minimum absolute atomic E-state index is 0.138. The molecule has 93 heavy (non-hydrogen) atoms. The number of fused-ring (bicyclic) bond motifs is 10. The fourth-order valence-corrected chi connectivity index (χ4v) is 14.6. The minimum Gasteiger partial charge on any atom is -0.456 e. The van der Waals surface area contributed by atoms with Crippen molar-refractivity contribution in [3.63, 3.8) is 0 Å². The molecule has 0 atom stereocenters. The Labute approximate surface area is 555 Å². The summed E-state index contributed by atoms with van der Waals surface area (Å²) in [4.78, 5) is 5.07. The van der Waals surface area contributed by atoms with E-state index in [1.54, 1.807) is 0 Å². The van der Waals surface area contributed by atoms with Gasteiger partial charge in [-0.25, -0.2) is 0 Å². The van der Waals surface area contributed by atoms with Gasteiger partial charge in [-0.05, 0) is 172 Å². The summed E-state index contributed by atoms with van der Waals surface area (Å²) in [5.41, 5.74) is 24.8. The zero-order chi connectivity index (χ0) is 68.4. The number of rotatable bonds is 7. The molecule has 0 fully saturated rings. The van der Waals surface area contributed by atoms with Gasteiger partial charge in [0, 0.05) is 50.2 Å². The first-order valence-electron chi connectivity index (χ1n) is 35.3. The van der Waals surface area contributed by atoms with Crippen LogP contribution in [0.5, 0.6) is 0 Å². The van der Waals surface area contributed by atoms with E-state index in [1.807, 2.05) is 6.07 Å². The Balaban J connectivity index is 1.11. The molecule has 5 heteroatoms. The third kappa shape index (κ3) is 9.64. The lowest BCUT2D eigenvalue weighted by Gasteiger charge is -2.46. The Morgan fingerprint density at radius 3 is 1.54 bits per heavy atom. The Morgan fingerprint density at radius 2 is 0.871 bits per heavy atom. The molecule has 0 unspecified atom stereocenters. The Bertz CT molecular complexity index is 5580. The highest BCUT2D eigenvalue weighted by atomic mass is 16.3. The summed E-state index contributed by atoms with van der Waals surface area (Å²) in [6.07, 6.45) is 0. The van der Waals surface area contributed by atoms with Crippen LogP contribution in [0, 0.1) is 0 Å². The van der Waals surface area contributed by atoms with E-state index in [4.69, 9.17) is 8.53 Å². The SMILES string of the molecule is [2H]c1c([2H])c([2H])c(-c2ccc3c(c2)N(c2cc(-c4cccc(C(C)(C)C)c4)cc4c2c2ccccc2n4-c2ccccc2)c2cc(C(C)(C)C)cc4c2B3c2ccc(-c3cc(C(C)(C)C)cc(C(C)(C)C)c3)cc2N4c2c(-c3ccccc3)ccc3oc4ccccc4c23)c([2H])c1[2H]. The zero-order valence-corrected chi connectivity index (χ0v) is 55.2. The Kier molecular flexibility index (Phi) is 12.0. The van der Waals surface area contributed by atoms with Gasteiger partial charge in [0.2, 0.25) is 0 Å². The van der Waals surface area contributed by atoms with Crippen molar-refractivity contribution in [1.29, 1.82) is 0 Å². The van der Waals surface area contributed by atoms with Gasteiger partial charge < -0.3 is 18.8 Å². The predicted octanol–water partition coefficient (Wildman–Crippen LogP) is 22.6. The van der Waals surface area contributed by atoms with E-state index in [1.165, 1.54) is 16.7 Å². The van der Waals surface area contributed by atoms with E-state index in [0.717, 1.165) is 139 Å². The van der Waals surface area contributed by atoms with Crippen molar-refractivity contribution in [3.8, 4) is 50.2 Å². The minimum atomic E-state index is -0.430. The van der Waals surface area contributed by atoms with E-state index in [-0.39, 0.29) is 46.0 Å². The molecule has 0 N–H and O–H groups in total. The first-order valence-corrected chi connectivity index (χ1v) is 32.8. The van der Waals surface area contributed by atoms with Gasteiger partial charge in [0.05, 0.1) is 34.6 Å². The molecule has 4 nitrogen and oxygen atoms in total. The van der Waals surface area contributed by atoms with Crippen molar-refractivity contribution in [2.75, 3.05) is 9.80 Å². The molecule has 2 aromatic heterocycles. The molecule has 0 radical (unpaired) electrons. The highest BCUT2D eigenvalue weighted by Crippen LogP contribution is 2.55. The molecule has 2 aliphatic heterocycles. The monoisotopic (exact) mass is 1210 g/mol. The molecule has 0 bridgehead atoms. The topological polar surface area (TPSA) is 24.6 Å². The zero-order valence-electron chi connectivity index (χ0n) is 60.2. The summed E-state index contributed by atoms with van der Waals surface area (Å²) < 4.78 is 55.5. The van der Waals surface area contributed by atoms with Gasteiger partial charge in [-0.3, -0.25) is 0 Å². The van der Waals surface area contributed by atoms with E-state index >= 15 is 0 Å². The van der Waals surface area contributed by atoms with Gasteiger partial charge in [0.1, 0.15) is 11.2 Å². The molecule has 14 aromatic rings. The van der Waals surface area contributed by atoms with E-state index in [0.29, 0.717) is 5.56 Å². The van der Waals surface area contributed by atoms with E-state index < -0.39 is 18.2 Å². The van der Waals surface area contributed by atoms with Gasteiger partial charge in [-0.1, -0.05) is 265 Å². The Hall–Kier alpha value is -10.1. The number of hydrogen-bond acceptors (Lipinski definition) is 3. The fourth-order valence-electron chi connectivity index (χ4n) is 14.6. The van der Waals surface area contributed by atoms with Crippen LogP contribution in [0.4, 0.5) is 34.1 Å². The standard InChI is InChI=1S/C88H78BN3O/c1-85(2,3)62-32-26-31-57(45-62)61-50-75-81(68-35-22-24-37-72(68)90(75)66-33-20-15-21-34-66)76(51-61)91-73-48-58(55-27-16-13-17-28-55)39-42-70(73)89-71-43-40-59(60-46-63(86(4,5)6)52-64(47-60)87(7,8)9)49-74(71)92(78-54-65(88(10,11)12)53-77(91)83(78)89)84-67(56-29-18-14-19-30-56)41-44-80-82(84)69-36-23-25-38-79(69)93-80/h13-54H,1-12H3/i13D,16D,17D,27D,28D. The third-order valence-corrected chi connectivity index (χ3v) is 19.6. The quantitative estimate of drug-likeness (QED) is 0.149. The van der Waals surface area contributed by atoms with Gasteiger partial charge in [0.15, 0.2) is 0 Å². The Morgan fingerprint density at radius 1 is 0.344 bits per heavy atom. The van der Waals surface area contributed by atoms with Crippen molar-refractivity contribution < 1.29 is 11.3 Å².